The Labute approximate surface area is 99.6 Å². The fourth-order valence-corrected chi connectivity index (χ4v) is 3.12. The van der Waals surface area contributed by atoms with Crippen LogP contribution in [0.5, 0.6) is 0 Å². The van der Waals surface area contributed by atoms with Crippen molar-refractivity contribution >= 4 is 21.5 Å². The topological polar surface area (TPSA) is 66.6 Å². The Morgan fingerprint density at radius 3 is 2.50 bits per heavy atom. The summed E-state index contributed by atoms with van der Waals surface area (Å²) < 4.78 is 23.5. The van der Waals surface area contributed by atoms with Gasteiger partial charge in [0, 0.05) is 32.7 Å². The van der Waals surface area contributed by atoms with Gasteiger partial charge in [-0.05, 0) is 22.4 Å². The summed E-state index contributed by atoms with van der Waals surface area (Å²) in [5.74, 6) is 0. The van der Waals surface area contributed by atoms with Crippen LogP contribution in [-0.4, -0.2) is 43.8 Å². The number of hydrogen-bond donors (Lipinski definition) is 1. The monoisotopic (exact) mass is 261 g/mol. The normalized spacial score (nSPS) is 20.1. The van der Waals surface area contributed by atoms with Crippen LogP contribution in [0.15, 0.2) is 16.8 Å². The van der Waals surface area contributed by atoms with Crippen LogP contribution in [0, 0.1) is 0 Å². The molecule has 2 heterocycles. The molecule has 7 heteroatoms. The van der Waals surface area contributed by atoms with Gasteiger partial charge in [-0.15, -0.1) is 0 Å². The third kappa shape index (κ3) is 3.02. The van der Waals surface area contributed by atoms with Crippen LogP contribution < -0.4 is 5.14 Å². The molecule has 2 N–H and O–H groups in total. The minimum absolute atomic E-state index is 0.489. The second-order valence-corrected chi connectivity index (χ2v) is 6.18. The van der Waals surface area contributed by atoms with E-state index in [1.54, 1.807) is 11.3 Å². The molecular formula is C9H15N3O2S2. The van der Waals surface area contributed by atoms with Crippen LogP contribution >= 0.6 is 11.3 Å². The predicted molar refractivity (Wildman–Crippen MR) is 64.3 cm³/mol. The van der Waals surface area contributed by atoms with Gasteiger partial charge in [-0.25, -0.2) is 5.14 Å². The van der Waals surface area contributed by atoms with E-state index in [1.807, 2.05) is 0 Å². The smallest absolute Gasteiger partial charge is 0.276 e. The molecule has 0 spiro atoms. The van der Waals surface area contributed by atoms with E-state index >= 15 is 0 Å². The first kappa shape index (κ1) is 12.0. The lowest BCUT2D eigenvalue weighted by atomic mass is 10.3. The van der Waals surface area contributed by atoms with Crippen molar-refractivity contribution in [1.29, 1.82) is 0 Å². The van der Waals surface area contributed by atoms with Gasteiger partial charge >= 0.3 is 0 Å². The van der Waals surface area contributed by atoms with E-state index in [0.29, 0.717) is 13.1 Å². The van der Waals surface area contributed by atoms with E-state index in [9.17, 15) is 8.42 Å². The highest BCUT2D eigenvalue weighted by atomic mass is 32.2. The fraction of sp³-hybridized carbons (Fsp3) is 0.556. The highest BCUT2D eigenvalue weighted by molar-refractivity contribution is 7.86. The van der Waals surface area contributed by atoms with Crippen LogP contribution in [-0.2, 0) is 16.8 Å². The molecule has 1 aliphatic heterocycles. The van der Waals surface area contributed by atoms with Crippen molar-refractivity contribution in [1.82, 2.24) is 9.21 Å². The largest absolute Gasteiger partial charge is 0.296 e. The Morgan fingerprint density at radius 1 is 1.31 bits per heavy atom. The fourth-order valence-electron chi connectivity index (χ4n) is 1.78. The molecule has 1 aromatic heterocycles. The van der Waals surface area contributed by atoms with Gasteiger partial charge in [0.2, 0.25) is 0 Å². The number of thiophene rings is 1. The standard InChI is InChI=1S/C9H15N3O2S2/c10-16(13,14)12-4-2-11(3-5-12)7-9-1-6-15-8-9/h1,6,8H,2-5,7H2,(H2,10,13,14). The first-order chi connectivity index (χ1) is 7.55. The number of hydrogen-bond acceptors (Lipinski definition) is 4. The van der Waals surface area contributed by atoms with Crippen molar-refractivity contribution in [3.63, 3.8) is 0 Å². The Kier molecular flexibility index (Phi) is 3.60. The average Bonchev–Trinajstić information content (AvgIpc) is 2.70. The van der Waals surface area contributed by atoms with Crippen LogP contribution in [0.4, 0.5) is 0 Å². The maximum atomic E-state index is 11.1. The van der Waals surface area contributed by atoms with E-state index in [0.717, 1.165) is 19.6 Å². The molecule has 1 aliphatic rings. The summed E-state index contributed by atoms with van der Waals surface area (Å²) in [6.07, 6.45) is 0. The molecule has 1 fully saturated rings. The second-order valence-electron chi connectivity index (χ2n) is 3.85. The molecule has 0 amide bonds. The summed E-state index contributed by atoms with van der Waals surface area (Å²) in [5.41, 5.74) is 1.29. The summed E-state index contributed by atoms with van der Waals surface area (Å²) in [4.78, 5) is 2.24. The van der Waals surface area contributed by atoms with Crippen molar-refractivity contribution in [2.75, 3.05) is 26.2 Å². The first-order valence-corrected chi connectivity index (χ1v) is 7.51. The van der Waals surface area contributed by atoms with Crippen LogP contribution in [0.1, 0.15) is 5.56 Å². The van der Waals surface area contributed by atoms with Gasteiger partial charge in [0.05, 0.1) is 0 Å². The zero-order chi connectivity index (χ0) is 11.6. The Morgan fingerprint density at radius 2 is 2.00 bits per heavy atom. The van der Waals surface area contributed by atoms with E-state index in [4.69, 9.17) is 5.14 Å². The molecule has 90 valence electrons. The van der Waals surface area contributed by atoms with Crippen LogP contribution in [0.2, 0.25) is 0 Å². The predicted octanol–water partition coefficient (Wildman–Crippen LogP) is 0.0692. The molecule has 5 nitrogen and oxygen atoms in total. The average molecular weight is 261 g/mol. The summed E-state index contributed by atoms with van der Waals surface area (Å²) >= 11 is 1.68. The second kappa shape index (κ2) is 4.80. The zero-order valence-corrected chi connectivity index (χ0v) is 10.5. The quantitative estimate of drug-likeness (QED) is 0.837. The van der Waals surface area contributed by atoms with Gasteiger partial charge in [-0.1, -0.05) is 0 Å². The molecule has 0 unspecified atom stereocenters. The molecule has 1 aromatic rings. The van der Waals surface area contributed by atoms with E-state index < -0.39 is 10.2 Å². The van der Waals surface area contributed by atoms with Crippen molar-refractivity contribution in [2.24, 2.45) is 5.14 Å². The highest BCUT2D eigenvalue weighted by Gasteiger charge is 2.23. The molecule has 2 rings (SSSR count). The minimum Gasteiger partial charge on any atom is -0.296 e. The van der Waals surface area contributed by atoms with Gasteiger partial charge < -0.3 is 0 Å². The van der Waals surface area contributed by atoms with E-state index in [2.05, 4.69) is 21.7 Å². The highest BCUT2D eigenvalue weighted by Crippen LogP contribution is 2.12. The van der Waals surface area contributed by atoms with Crippen LogP contribution in [0.25, 0.3) is 0 Å². The molecule has 0 radical (unpaired) electrons. The maximum absolute atomic E-state index is 11.1. The van der Waals surface area contributed by atoms with Gasteiger partial charge in [-0.2, -0.15) is 24.1 Å². The third-order valence-electron chi connectivity index (χ3n) is 2.68. The van der Waals surface area contributed by atoms with Gasteiger partial charge in [0.15, 0.2) is 0 Å². The van der Waals surface area contributed by atoms with Crippen molar-refractivity contribution < 1.29 is 8.42 Å². The van der Waals surface area contributed by atoms with Gasteiger partial charge in [0.25, 0.3) is 10.2 Å². The van der Waals surface area contributed by atoms with E-state index in [-0.39, 0.29) is 0 Å². The van der Waals surface area contributed by atoms with Crippen LogP contribution in [0.3, 0.4) is 0 Å². The Hall–Kier alpha value is -0.470. The molecule has 0 aromatic carbocycles. The lowest BCUT2D eigenvalue weighted by Crippen LogP contribution is -2.50. The molecule has 0 aliphatic carbocycles. The van der Waals surface area contributed by atoms with Crippen molar-refractivity contribution in [2.45, 2.75) is 6.54 Å². The lowest BCUT2D eigenvalue weighted by molar-refractivity contribution is 0.182. The Balaban J connectivity index is 1.86. The zero-order valence-electron chi connectivity index (χ0n) is 8.87. The first-order valence-electron chi connectivity index (χ1n) is 5.07. The SMILES string of the molecule is NS(=O)(=O)N1CCN(Cc2ccsc2)CC1. The molecule has 0 saturated carbocycles. The van der Waals surface area contributed by atoms with Crippen molar-refractivity contribution in [3.05, 3.63) is 22.4 Å². The summed E-state index contributed by atoms with van der Waals surface area (Å²) in [6, 6.07) is 2.09. The third-order valence-corrected chi connectivity index (χ3v) is 4.49. The van der Waals surface area contributed by atoms with Gasteiger partial charge in [0.1, 0.15) is 0 Å². The van der Waals surface area contributed by atoms with Gasteiger partial charge in [-0.3, -0.25) is 4.90 Å². The molecular weight excluding hydrogens is 246 g/mol. The number of rotatable bonds is 3. The number of piperazine rings is 1. The molecule has 1 saturated heterocycles. The van der Waals surface area contributed by atoms with Crippen molar-refractivity contribution in [3.8, 4) is 0 Å². The molecule has 0 atom stereocenters. The molecule has 0 bridgehead atoms. The molecule has 16 heavy (non-hydrogen) atoms. The summed E-state index contributed by atoms with van der Waals surface area (Å²) in [5, 5.41) is 9.24. The Bertz CT molecular complexity index is 422. The summed E-state index contributed by atoms with van der Waals surface area (Å²) in [6.45, 7) is 3.35. The maximum Gasteiger partial charge on any atom is 0.276 e. The number of nitrogens with zero attached hydrogens (tertiary/aromatic N) is 2. The summed E-state index contributed by atoms with van der Waals surface area (Å²) in [7, 11) is -3.50. The number of nitrogens with two attached hydrogens (primary N) is 1. The lowest BCUT2D eigenvalue weighted by Gasteiger charge is -2.32. The van der Waals surface area contributed by atoms with E-state index in [1.165, 1.54) is 9.87 Å². The minimum atomic E-state index is -3.50.